The number of carbonyl (C=O) groups is 1. The molecule has 4 aromatic rings. The van der Waals surface area contributed by atoms with E-state index in [-0.39, 0.29) is 11.6 Å². The molecule has 7 heteroatoms. The van der Waals surface area contributed by atoms with Crippen LogP contribution in [0, 0.1) is 6.92 Å². The molecule has 0 radical (unpaired) electrons. The first-order valence-electron chi connectivity index (χ1n) is 7.71. The summed E-state index contributed by atoms with van der Waals surface area (Å²) in [5, 5.41) is 4.46. The van der Waals surface area contributed by atoms with Crippen molar-refractivity contribution in [1.29, 1.82) is 0 Å². The summed E-state index contributed by atoms with van der Waals surface area (Å²) in [6.07, 6.45) is 1.70. The van der Waals surface area contributed by atoms with E-state index in [2.05, 4.69) is 15.1 Å². The van der Waals surface area contributed by atoms with Crippen LogP contribution in [-0.4, -0.2) is 21.0 Å². The Balaban J connectivity index is 1.75. The second-order valence-corrected chi connectivity index (χ2v) is 6.51. The number of pyridine rings is 1. The highest BCUT2D eigenvalue weighted by Gasteiger charge is 2.24. The van der Waals surface area contributed by atoms with E-state index in [1.54, 1.807) is 24.1 Å². The number of hydrogen-bond acceptors (Lipinski definition) is 6. The standard InChI is InChI=1S/C18H14N4O2S/c1-12-10-15(21-24-12)17(23)22(11-13-6-4-5-9-19-13)18-20-14-7-2-3-8-16(14)25-18/h2-10H,11H2,1H3. The summed E-state index contributed by atoms with van der Waals surface area (Å²) in [5.74, 6) is 0.326. The van der Waals surface area contributed by atoms with Gasteiger partial charge in [0.15, 0.2) is 10.8 Å². The van der Waals surface area contributed by atoms with Crippen molar-refractivity contribution in [2.24, 2.45) is 0 Å². The molecular formula is C18H14N4O2S. The molecule has 0 bridgehead atoms. The summed E-state index contributed by atoms with van der Waals surface area (Å²) in [5.41, 5.74) is 1.89. The summed E-state index contributed by atoms with van der Waals surface area (Å²) in [7, 11) is 0. The summed E-state index contributed by atoms with van der Waals surface area (Å²) in [6.45, 7) is 2.07. The molecule has 0 saturated heterocycles. The van der Waals surface area contributed by atoms with Gasteiger partial charge in [-0.2, -0.15) is 0 Å². The van der Waals surface area contributed by atoms with Gasteiger partial charge in [0, 0.05) is 12.3 Å². The second kappa shape index (κ2) is 6.45. The Morgan fingerprint density at radius 3 is 2.76 bits per heavy atom. The Kier molecular flexibility index (Phi) is 3.99. The van der Waals surface area contributed by atoms with Crippen molar-refractivity contribution in [3.63, 3.8) is 0 Å². The van der Waals surface area contributed by atoms with E-state index in [1.807, 2.05) is 42.5 Å². The topological polar surface area (TPSA) is 72.1 Å². The lowest BCUT2D eigenvalue weighted by atomic mass is 10.3. The molecule has 4 rings (SSSR count). The first kappa shape index (κ1) is 15.5. The number of amides is 1. The van der Waals surface area contributed by atoms with E-state index < -0.39 is 0 Å². The third kappa shape index (κ3) is 3.14. The number of nitrogens with zero attached hydrogens (tertiary/aromatic N) is 4. The van der Waals surface area contributed by atoms with Crippen molar-refractivity contribution in [3.05, 3.63) is 71.9 Å². The Hall–Kier alpha value is -3.06. The molecule has 3 heterocycles. The molecule has 0 spiro atoms. The van der Waals surface area contributed by atoms with Crippen LogP contribution >= 0.6 is 11.3 Å². The second-order valence-electron chi connectivity index (χ2n) is 5.50. The molecular weight excluding hydrogens is 336 g/mol. The average Bonchev–Trinajstić information content (AvgIpc) is 3.26. The number of anilines is 1. The van der Waals surface area contributed by atoms with E-state index in [4.69, 9.17) is 4.52 Å². The lowest BCUT2D eigenvalue weighted by molar-refractivity contribution is 0.0976. The molecule has 0 aliphatic heterocycles. The zero-order chi connectivity index (χ0) is 17.2. The number of carbonyl (C=O) groups excluding carboxylic acids is 1. The molecule has 1 aromatic carbocycles. The summed E-state index contributed by atoms with van der Waals surface area (Å²) < 4.78 is 6.07. The maximum atomic E-state index is 13.0. The van der Waals surface area contributed by atoms with Crippen molar-refractivity contribution in [3.8, 4) is 0 Å². The molecule has 0 unspecified atom stereocenters. The van der Waals surface area contributed by atoms with E-state index in [1.165, 1.54) is 11.3 Å². The number of benzene rings is 1. The van der Waals surface area contributed by atoms with E-state index >= 15 is 0 Å². The van der Waals surface area contributed by atoms with Crippen molar-refractivity contribution in [1.82, 2.24) is 15.1 Å². The van der Waals surface area contributed by atoms with Gasteiger partial charge in [0.05, 0.1) is 22.5 Å². The van der Waals surface area contributed by atoms with Crippen LogP contribution in [0.4, 0.5) is 5.13 Å². The van der Waals surface area contributed by atoms with Gasteiger partial charge in [0.25, 0.3) is 5.91 Å². The molecule has 1 amide bonds. The van der Waals surface area contributed by atoms with Crippen molar-refractivity contribution in [2.75, 3.05) is 4.90 Å². The minimum Gasteiger partial charge on any atom is -0.361 e. The van der Waals surface area contributed by atoms with Gasteiger partial charge in [0.1, 0.15) is 5.76 Å². The Bertz CT molecular complexity index is 993. The fourth-order valence-electron chi connectivity index (χ4n) is 2.46. The van der Waals surface area contributed by atoms with Gasteiger partial charge in [-0.25, -0.2) is 4.98 Å². The molecule has 0 aliphatic rings. The number of aryl methyl sites for hydroxylation is 1. The SMILES string of the molecule is Cc1cc(C(=O)N(Cc2ccccn2)c2nc3ccccc3s2)no1. The minimum atomic E-state index is -0.262. The number of para-hydroxylation sites is 1. The number of rotatable bonds is 4. The van der Waals surface area contributed by atoms with Crippen LogP contribution < -0.4 is 4.90 Å². The van der Waals surface area contributed by atoms with Crippen LogP contribution in [-0.2, 0) is 6.54 Å². The van der Waals surface area contributed by atoms with Gasteiger partial charge in [-0.1, -0.05) is 34.7 Å². The third-order valence-corrected chi connectivity index (χ3v) is 4.71. The highest BCUT2D eigenvalue weighted by molar-refractivity contribution is 7.22. The highest BCUT2D eigenvalue weighted by Crippen LogP contribution is 2.30. The largest absolute Gasteiger partial charge is 0.361 e. The third-order valence-electron chi connectivity index (χ3n) is 3.65. The van der Waals surface area contributed by atoms with Crippen molar-refractivity contribution < 1.29 is 9.32 Å². The Morgan fingerprint density at radius 1 is 1.20 bits per heavy atom. The summed E-state index contributed by atoms with van der Waals surface area (Å²) in [6, 6.07) is 15.0. The fourth-order valence-corrected chi connectivity index (χ4v) is 3.42. The number of aromatic nitrogens is 3. The maximum absolute atomic E-state index is 13.0. The number of hydrogen-bond donors (Lipinski definition) is 0. The molecule has 0 fully saturated rings. The first-order valence-corrected chi connectivity index (χ1v) is 8.53. The van der Waals surface area contributed by atoms with Gasteiger partial charge >= 0.3 is 0 Å². The van der Waals surface area contributed by atoms with Crippen LogP contribution in [0.25, 0.3) is 10.2 Å². The molecule has 3 aromatic heterocycles. The van der Waals surface area contributed by atoms with Crippen LogP contribution in [0.5, 0.6) is 0 Å². The van der Waals surface area contributed by atoms with Gasteiger partial charge in [-0.15, -0.1) is 0 Å². The van der Waals surface area contributed by atoms with Crippen LogP contribution in [0.1, 0.15) is 21.9 Å². The van der Waals surface area contributed by atoms with Gasteiger partial charge in [-0.3, -0.25) is 14.7 Å². The lowest BCUT2D eigenvalue weighted by Crippen LogP contribution is -2.31. The number of fused-ring (bicyclic) bond motifs is 1. The van der Waals surface area contributed by atoms with Crippen LogP contribution in [0.15, 0.2) is 59.3 Å². The normalized spacial score (nSPS) is 10.9. The molecule has 0 atom stereocenters. The highest BCUT2D eigenvalue weighted by atomic mass is 32.1. The molecule has 124 valence electrons. The van der Waals surface area contributed by atoms with Gasteiger partial charge in [-0.05, 0) is 31.2 Å². The minimum absolute atomic E-state index is 0.257. The fraction of sp³-hybridized carbons (Fsp3) is 0.111. The Morgan fingerprint density at radius 2 is 2.04 bits per heavy atom. The maximum Gasteiger partial charge on any atom is 0.282 e. The zero-order valence-corrected chi connectivity index (χ0v) is 14.2. The van der Waals surface area contributed by atoms with Gasteiger partial charge < -0.3 is 4.52 Å². The molecule has 25 heavy (non-hydrogen) atoms. The molecule has 0 N–H and O–H groups in total. The summed E-state index contributed by atoms with van der Waals surface area (Å²) in [4.78, 5) is 23.5. The van der Waals surface area contributed by atoms with E-state index in [0.29, 0.717) is 17.4 Å². The average molecular weight is 350 g/mol. The van der Waals surface area contributed by atoms with Crippen LogP contribution in [0.3, 0.4) is 0 Å². The van der Waals surface area contributed by atoms with Crippen molar-refractivity contribution in [2.45, 2.75) is 13.5 Å². The van der Waals surface area contributed by atoms with Gasteiger partial charge in [0.2, 0.25) is 0 Å². The monoisotopic (exact) mass is 350 g/mol. The van der Waals surface area contributed by atoms with E-state index in [9.17, 15) is 4.79 Å². The zero-order valence-electron chi connectivity index (χ0n) is 13.4. The Labute approximate surface area is 147 Å². The molecule has 6 nitrogen and oxygen atoms in total. The van der Waals surface area contributed by atoms with Crippen molar-refractivity contribution >= 4 is 32.6 Å². The molecule has 0 saturated carbocycles. The number of thiazole rings is 1. The van der Waals surface area contributed by atoms with E-state index in [0.717, 1.165) is 15.9 Å². The van der Waals surface area contributed by atoms with Crippen LogP contribution in [0.2, 0.25) is 0 Å². The quantitative estimate of drug-likeness (QED) is 0.559. The summed E-state index contributed by atoms with van der Waals surface area (Å²) >= 11 is 1.46. The molecule has 0 aliphatic carbocycles. The predicted octanol–water partition coefficient (Wildman–Crippen LogP) is 3.83. The predicted molar refractivity (Wildman–Crippen MR) is 95.6 cm³/mol. The first-order chi connectivity index (χ1) is 12.2. The smallest absolute Gasteiger partial charge is 0.282 e. The lowest BCUT2D eigenvalue weighted by Gasteiger charge is -2.18.